The molecule has 0 fully saturated rings. The van der Waals surface area contributed by atoms with Gasteiger partial charge in [0, 0.05) is 6.54 Å². The van der Waals surface area contributed by atoms with Crippen molar-refractivity contribution in [3.63, 3.8) is 0 Å². The lowest BCUT2D eigenvalue weighted by molar-refractivity contribution is -0.711. The lowest BCUT2D eigenvalue weighted by atomic mass is 10.1. The molecule has 100 valence electrons. The molecule has 0 atom stereocenters. The van der Waals surface area contributed by atoms with Gasteiger partial charge < -0.3 is 5.32 Å². The van der Waals surface area contributed by atoms with Gasteiger partial charge in [-0.25, -0.2) is 0 Å². The van der Waals surface area contributed by atoms with Crippen molar-refractivity contribution in [1.82, 2.24) is 0 Å². The van der Waals surface area contributed by atoms with E-state index in [4.69, 9.17) is 0 Å². The van der Waals surface area contributed by atoms with Crippen LogP contribution in [0.5, 0.6) is 5.75 Å². The van der Waals surface area contributed by atoms with E-state index in [0.29, 0.717) is 11.4 Å². The summed E-state index contributed by atoms with van der Waals surface area (Å²) < 4.78 is 0. The van der Waals surface area contributed by atoms with Crippen LogP contribution >= 0.6 is 0 Å². The molecule has 1 rings (SSSR count). The van der Waals surface area contributed by atoms with E-state index in [9.17, 15) is 10.1 Å². The highest BCUT2D eigenvalue weighted by Gasteiger charge is 2.11. The van der Waals surface area contributed by atoms with Gasteiger partial charge in [-0.2, -0.15) is 0 Å². The molecule has 1 N–H and O–H groups in total. The Morgan fingerprint density at radius 2 is 2.06 bits per heavy atom. The van der Waals surface area contributed by atoms with Crippen LogP contribution < -0.4 is 10.2 Å². The van der Waals surface area contributed by atoms with Gasteiger partial charge in [0.05, 0.1) is 5.69 Å². The van der Waals surface area contributed by atoms with E-state index >= 15 is 0 Å². The first-order chi connectivity index (χ1) is 8.56. The number of benzene rings is 1. The number of nitrogens with one attached hydrogen (secondary N) is 1. The van der Waals surface area contributed by atoms with Crippen LogP contribution in [0.15, 0.2) is 12.1 Å². The summed E-state index contributed by atoms with van der Waals surface area (Å²) in [5.41, 5.74) is 2.46. The zero-order valence-corrected chi connectivity index (χ0v) is 11.2. The number of hydrogen-bond donors (Lipinski definition) is 1. The summed E-state index contributed by atoms with van der Waals surface area (Å²) in [5.74, 6) is 0.316. The molecule has 0 aromatic heterocycles. The average Bonchev–Trinajstić information content (AvgIpc) is 2.32. The third kappa shape index (κ3) is 3.91. The number of rotatable bonds is 7. The van der Waals surface area contributed by atoms with Gasteiger partial charge >= 0.3 is 0 Å². The minimum absolute atomic E-state index is 0.316. The molecule has 18 heavy (non-hydrogen) atoms. The molecule has 0 spiro atoms. The molecule has 1 aromatic carbocycles. The largest absolute Gasteiger partial charge is 0.383 e. The number of anilines is 1. The fourth-order valence-corrected chi connectivity index (χ4v) is 1.72. The Kier molecular flexibility index (Phi) is 5.42. The van der Waals surface area contributed by atoms with E-state index in [-0.39, 0.29) is 0 Å². The highest BCUT2D eigenvalue weighted by atomic mass is 17.0. The molecule has 0 saturated carbocycles. The van der Waals surface area contributed by atoms with Crippen molar-refractivity contribution in [3.05, 3.63) is 33.4 Å². The molecule has 0 amide bonds. The van der Waals surface area contributed by atoms with Crippen molar-refractivity contribution in [1.29, 1.82) is 0 Å². The van der Waals surface area contributed by atoms with Gasteiger partial charge in [-0.15, -0.1) is 10.1 Å². The van der Waals surface area contributed by atoms with Crippen molar-refractivity contribution >= 4 is 5.69 Å². The molecular weight excluding hydrogens is 232 g/mol. The van der Waals surface area contributed by atoms with E-state index in [1.807, 2.05) is 26.0 Å². The van der Waals surface area contributed by atoms with Crippen LogP contribution in [-0.4, -0.2) is 11.6 Å². The van der Waals surface area contributed by atoms with E-state index in [2.05, 4.69) is 17.1 Å². The molecule has 0 saturated heterocycles. The third-order valence-corrected chi connectivity index (χ3v) is 2.94. The Morgan fingerprint density at radius 3 is 2.67 bits per heavy atom. The molecule has 0 aliphatic rings. The molecule has 0 unspecified atom stereocenters. The number of unbranched alkanes of at least 4 members (excludes halogenated alkanes) is 2. The van der Waals surface area contributed by atoms with Crippen molar-refractivity contribution in [2.24, 2.45) is 0 Å². The molecule has 0 aliphatic carbocycles. The van der Waals surface area contributed by atoms with Crippen LogP contribution in [0, 0.1) is 24.0 Å². The Hall–Kier alpha value is -1.78. The smallest absolute Gasteiger partial charge is 0.299 e. The fraction of sp³-hybridized carbons (Fsp3) is 0.538. The highest BCUT2D eigenvalue weighted by molar-refractivity contribution is 5.61. The van der Waals surface area contributed by atoms with Crippen molar-refractivity contribution < 1.29 is 9.92 Å². The van der Waals surface area contributed by atoms with Crippen LogP contribution in [0.4, 0.5) is 5.69 Å². The minimum Gasteiger partial charge on any atom is -0.383 e. The maximum Gasteiger partial charge on any atom is 0.299 e. The number of nitrogens with zero attached hydrogens (tertiary/aromatic N) is 1. The van der Waals surface area contributed by atoms with E-state index in [0.717, 1.165) is 36.9 Å². The molecule has 0 aliphatic heterocycles. The third-order valence-electron chi connectivity index (χ3n) is 2.94. The van der Waals surface area contributed by atoms with Gasteiger partial charge in [0.1, 0.15) is 0 Å². The second-order valence-corrected chi connectivity index (χ2v) is 4.33. The van der Waals surface area contributed by atoms with Crippen LogP contribution in [0.3, 0.4) is 0 Å². The normalized spacial score (nSPS) is 10.2. The SMILES string of the molecule is CCCCCNc1ccc(C)c(C)c1O[N+](=O)[O-]. The number of hydrogen-bond acceptors (Lipinski definition) is 4. The zero-order valence-electron chi connectivity index (χ0n) is 11.2. The van der Waals surface area contributed by atoms with E-state index < -0.39 is 5.09 Å². The van der Waals surface area contributed by atoms with Gasteiger partial charge in [-0.3, -0.25) is 4.84 Å². The first-order valence-electron chi connectivity index (χ1n) is 6.22. The lowest BCUT2D eigenvalue weighted by Crippen LogP contribution is -2.10. The molecule has 0 radical (unpaired) electrons. The van der Waals surface area contributed by atoms with Crippen molar-refractivity contribution in [3.8, 4) is 5.75 Å². The minimum atomic E-state index is -0.765. The fourth-order valence-electron chi connectivity index (χ4n) is 1.72. The molecular formula is C13H20N2O3. The van der Waals surface area contributed by atoms with Gasteiger partial charge in [0.15, 0.2) is 5.75 Å². The molecule has 5 heteroatoms. The summed E-state index contributed by atoms with van der Waals surface area (Å²) in [5, 5.41) is 12.9. The zero-order chi connectivity index (χ0) is 13.5. The summed E-state index contributed by atoms with van der Waals surface area (Å²) >= 11 is 0. The van der Waals surface area contributed by atoms with E-state index in [1.54, 1.807) is 0 Å². The molecule has 0 heterocycles. The Bertz CT molecular complexity index is 419. The van der Waals surface area contributed by atoms with Crippen LogP contribution in [0.2, 0.25) is 0 Å². The quantitative estimate of drug-likeness (QED) is 0.458. The predicted molar refractivity (Wildman–Crippen MR) is 71.6 cm³/mol. The Morgan fingerprint density at radius 1 is 1.33 bits per heavy atom. The second-order valence-electron chi connectivity index (χ2n) is 4.33. The highest BCUT2D eigenvalue weighted by Crippen LogP contribution is 2.31. The van der Waals surface area contributed by atoms with Gasteiger partial charge in [0.25, 0.3) is 5.09 Å². The average molecular weight is 252 g/mol. The monoisotopic (exact) mass is 252 g/mol. The van der Waals surface area contributed by atoms with Crippen LogP contribution in [0.25, 0.3) is 0 Å². The van der Waals surface area contributed by atoms with Crippen molar-refractivity contribution in [2.45, 2.75) is 40.0 Å². The topological polar surface area (TPSA) is 64.4 Å². The summed E-state index contributed by atoms with van der Waals surface area (Å²) in [6, 6.07) is 3.76. The van der Waals surface area contributed by atoms with Crippen molar-refractivity contribution in [2.75, 3.05) is 11.9 Å². The van der Waals surface area contributed by atoms with Gasteiger partial charge in [-0.05, 0) is 37.5 Å². The summed E-state index contributed by atoms with van der Waals surface area (Å²) in [6.07, 6.45) is 3.33. The van der Waals surface area contributed by atoms with Crippen LogP contribution in [0.1, 0.15) is 37.3 Å². The maximum absolute atomic E-state index is 10.5. The number of aryl methyl sites for hydroxylation is 1. The van der Waals surface area contributed by atoms with Crippen LogP contribution in [-0.2, 0) is 0 Å². The molecule has 5 nitrogen and oxygen atoms in total. The maximum atomic E-state index is 10.5. The van der Waals surface area contributed by atoms with Gasteiger partial charge in [-0.1, -0.05) is 25.8 Å². The lowest BCUT2D eigenvalue weighted by Gasteiger charge is -2.14. The Labute approximate surface area is 107 Å². The second kappa shape index (κ2) is 6.83. The first kappa shape index (κ1) is 14.3. The summed E-state index contributed by atoms with van der Waals surface area (Å²) in [6.45, 7) is 6.66. The first-order valence-corrected chi connectivity index (χ1v) is 6.22. The predicted octanol–water partition coefficient (Wildman–Crippen LogP) is 3.48. The molecule has 0 bridgehead atoms. The Balaban J connectivity index is 2.82. The molecule has 1 aromatic rings. The summed E-state index contributed by atoms with van der Waals surface area (Å²) in [7, 11) is 0. The van der Waals surface area contributed by atoms with Gasteiger partial charge in [0.2, 0.25) is 0 Å². The standard InChI is InChI=1S/C13H20N2O3/c1-4-5-6-9-14-12-8-7-10(2)11(3)13(12)18-15(16)17/h7-8,14H,4-6,9H2,1-3H3. The summed E-state index contributed by atoms with van der Waals surface area (Å²) in [4.78, 5) is 15.2. The van der Waals surface area contributed by atoms with E-state index in [1.165, 1.54) is 0 Å².